The first-order chi connectivity index (χ1) is 7.27. The summed E-state index contributed by atoms with van der Waals surface area (Å²) in [7, 11) is 0. The Morgan fingerprint density at radius 3 is 2.94 bits per heavy atom. The first-order valence-corrected chi connectivity index (χ1v) is 5.49. The van der Waals surface area contributed by atoms with E-state index in [1.54, 1.807) is 6.07 Å². The van der Waals surface area contributed by atoms with Crippen molar-refractivity contribution in [2.75, 3.05) is 13.1 Å². The Bertz CT molecular complexity index is 389. The van der Waals surface area contributed by atoms with Crippen LogP contribution in [0, 0.1) is 0 Å². The van der Waals surface area contributed by atoms with Crippen LogP contribution in [0.25, 0.3) is 0 Å². The number of hydrogen-bond acceptors (Lipinski definition) is 3. The smallest absolute Gasteiger partial charge is 0.123 e. The molecule has 1 unspecified atom stereocenters. The highest BCUT2D eigenvalue weighted by Gasteiger charge is 2.38. The molecule has 0 saturated carbocycles. The molecule has 88 valence electrons. The molecule has 0 amide bonds. The average molecular weight is 242 g/mol. The van der Waals surface area contributed by atoms with Gasteiger partial charge in [-0.25, -0.2) is 0 Å². The maximum absolute atomic E-state index is 9.38. The zero-order valence-electron chi connectivity index (χ0n) is 9.03. The van der Waals surface area contributed by atoms with E-state index < -0.39 is 0 Å². The Kier molecular flexibility index (Phi) is 3.00. The van der Waals surface area contributed by atoms with Gasteiger partial charge in [0.2, 0.25) is 0 Å². The minimum absolute atomic E-state index is 0. The summed E-state index contributed by atoms with van der Waals surface area (Å²) >= 11 is 0. The Morgan fingerprint density at radius 2 is 2.19 bits per heavy atom. The first kappa shape index (κ1) is 11.6. The molecule has 1 saturated heterocycles. The van der Waals surface area contributed by atoms with Crippen molar-refractivity contribution in [1.29, 1.82) is 0 Å². The third-order valence-electron chi connectivity index (χ3n) is 3.43. The van der Waals surface area contributed by atoms with E-state index in [1.807, 2.05) is 12.1 Å². The Balaban J connectivity index is 0.000000963. The number of nitrogens with one attached hydrogen (secondary N) is 1. The van der Waals surface area contributed by atoms with Crippen LogP contribution in [0.15, 0.2) is 18.2 Å². The summed E-state index contributed by atoms with van der Waals surface area (Å²) in [6.07, 6.45) is 3.15. The SMILES string of the molecule is Cl.Oc1ccc2c(c1)CCC1(CCNC1)O2. The van der Waals surface area contributed by atoms with Crippen molar-refractivity contribution < 1.29 is 9.84 Å². The molecule has 1 fully saturated rings. The maximum Gasteiger partial charge on any atom is 0.123 e. The van der Waals surface area contributed by atoms with Gasteiger partial charge in [0.15, 0.2) is 0 Å². The summed E-state index contributed by atoms with van der Waals surface area (Å²) in [5.41, 5.74) is 1.15. The van der Waals surface area contributed by atoms with Gasteiger partial charge in [-0.2, -0.15) is 0 Å². The van der Waals surface area contributed by atoms with Gasteiger partial charge in [0.1, 0.15) is 17.1 Å². The van der Waals surface area contributed by atoms with Gasteiger partial charge in [-0.05, 0) is 43.1 Å². The van der Waals surface area contributed by atoms with Crippen molar-refractivity contribution in [2.24, 2.45) is 0 Å². The summed E-state index contributed by atoms with van der Waals surface area (Å²) in [5, 5.41) is 12.7. The van der Waals surface area contributed by atoms with Crippen LogP contribution in [0.2, 0.25) is 0 Å². The molecular weight excluding hydrogens is 226 g/mol. The molecule has 0 aromatic heterocycles. The summed E-state index contributed by atoms with van der Waals surface area (Å²) in [6, 6.07) is 5.38. The van der Waals surface area contributed by atoms with E-state index in [1.165, 1.54) is 0 Å². The van der Waals surface area contributed by atoms with Gasteiger partial charge >= 0.3 is 0 Å². The van der Waals surface area contributed by atoms with E-state index in [4.69, 9.17) is 4.74 Å². The van der Waals surface area contributed by atoms with E-state index in [9.17, 15) is 5.11 Å². The number of rotatable bonds is 0. The van der Waals surface area contributed by atoms with Crippen LogP contribution in [-0.2, 0) is 6.42 Å². The van der Waals surface area contributed by atoms with Crippen molar-refractivity contribution in [3.05, 3.63) is 23.8 Å². The zero-order valence-corrected chi connectivity index (χ0v) is 9.85. The maximum atomic E-state index is 9.38. The lowest BCUT2D eigenvalue weighted by atomic mass is 9.90. The molecule has 1 aromatic rings. The molecule has 3 nitrogen and oxygen atoms in total. The minimum Gasteiger partial charge on any atom is -0.508 e. The second-order valence-corrected chi connectivity index (χ2v) is 4.50. The van der Waals surface area contributed by atoms with Crippen molar-refractivity contribution in [2.45, 2.75) is 24.9 Å². The number of phenolic OH excluding ortho intramolecular Hbond substituents is 1. The number of phenols is 1. The fourth-order valence-electron chi connectivity index (χ4n) is 2.53. The van der Waals surface area contributed by atoms with Crippen LogP contribution in [-0.4, -0.2) is 23.8 Å². The molecule has 1 atom stereocenters. The van der Waals surface area contributed by atoms with Crippen LogP contribution in [0.1, 0.15) is 18.4 Å². The van der Waals surface area contributed by atoms with Crippen LogP contribution >= 0.6 is 12.4 Å². The molecule has 4 heteroatoms. The highest BCUT2D eigenvalue weighted by Crippen LogP contribution is 2.37. The molecular formula is C12H16ClNO2. The van der Waals surface area contributed by atoms with Gasteiger partial charge in [-0.15, -0.1) is 12.4 Å². The average Bonchev–Trinajstić information content (AvgIpc) is 2.67. The monoisotopic (exact) mass is 241 g/mol. The number of aromatic hydroxyl groups is 1. The van der Waals surface area contributed by atoms with Crippen molar-refractivity contribution in [1.82, 2.24) is 5.32 Å². The molecule has 0 radical (unpaired) electrons. The fraction of sp³-hybridized carbons (Fsp3) is 0.500. The van der Waals surface area contributed by atoms with E-state index in [0.717, 1.165) is 43.7 Å². The summed E-state index contributed by atoms with van der Waals surface area (Å²) < 4.78 is 6.06. The number of hydrogen-bond donors (Lipinski definition) is 2. The predicted molar refractivity (Wildman–Crippen MR) is 64.5 cm³/mol. The number of aryl methyl sites for hydroxylation is 1. The third kappa shape index (κ3) is 1.85. The third-order valence-corrected chi connectivity index (χ3v) is 3.43. The lowest BCUT2D eigenvalue weighted by Crippen LogP contribution is -2.41. The highest BCUT2D eigenvalue weighted by atomic mass is 35.5. The van der Waals surface area contributed by atoms with Gasteiger partial charge in [-0.1, -0.05) is 0 Å². The Labute approximate surface area is 101 Å². The number of halogens is 1. The zero-order chi connectivity index (χ0) is 10.3. The molecule has 0 bridgehead atoms. The van der Waals surface area contributed by atoms with E-state index in [2.05, 4.69) is 5.32 Å². The van der Waals surface area contributed by atoms with E-state index in [-0.39, 0.29) is 18.0 Å². The van der Waals surface area contributed by atoms with Crippen molar-refractivity contribution in [3.8, 4) is 11.5 Å². The molecule has 2 aliphatic rings. The molecule has 1 spiro atoms. The van der Waals surface area contributed by atoms with Crippen molar-refractivity contribution >= 4 is 12.4 Å². The first-order valence-electron chi connectivity index (χ1n) is 5.49. The molecule has 3 rings (SSSR count). The van der Waals surface area contributed by atoms with Gasteiger partial charge in [0, 0.05) is 13.0 Å². The molecule has 0 aliphatic carbocycles. The Hall–Kier alpha value is -0.930. The normalized spacial score (nSPS) is 27.0. The molecule has 2 N–H and O–H groups in total. The second-order valence-electron chi connectivity index (χ2n) is 4.50. The Morgan fingerprint density at radius 1 is 1.31 bits per heavy atom. The summed E-state index contributed by atoms with van der Waals surface area (Å²) in [5.74, 6) is 1.28. The van der Waals surface area contributed by atoms with Gasteiger partial charge < -0.3 is 15.2 Å². The molecule has 2 aliphatic heterocycles. The number of ether oxygens (including phenoxy) is 1. The number of fused-ring (bicyclic) bond motifs is 1. The quantitative estimate of drug-likeness (QED) is 0.729. The van der Waals surface area contributed by atoms with Crippen LogP contribution in [0.5, 0.6) is 11.5 Å². The van der Waals surface area contributed by atoms with Crippen LogP contribution in [0.4, 0.5) is 0 Å². The lowest BCUT2D eigenvalue weighted by Gasteiger charge is -2.35. The van der Waals surface area contributed by atoms with Gasteiger partial charge in [-0.3, -0.25) is 0 Å². The summed E-state index contributed by atoms with van der Waals surface area (Å²) in [6.45, 7) is 2.00. The topological polar surface area (TPSA) is 41.5 Å². The van der Waals surface area contributed by atoms with E-state index in [0.29, 0.717) is 5.75 Å². The van der Waals surface area contributed by atoms with Crippen molar-refractivity contribution in [3.63, 3.8) is 0 Å². The summed E-state index contributed by atoms with van der Waals surface area (Å²) in [4.78, 5) is 0. The highest BCUT2D eigenvalue weighted by molar-refractivity contribution is 5.85. The van der Waals surface area contributed by atoms with E-state index >= 15 is 0 Å². The van der Waals surface area contributed by atoms with Gasteiger partial charge in [0.25, 0.3) is 0 Å². The van der Waals surface area contributed by atoms with Crippen LogP contribution in [0.3, 0.4) is 0 Å². The number of benzene rings is 1. The standard InChI is InChI=1S/C12H15NO2.ClH/c14-10-1-2-11-9(7-10)3-4-12(15-11)5-6-13-8-12;/h1-2,7,13-14H,3-6,8H2;1H. The fourth-order valence-corrected chi connectivity index (χ4v) is 2.53. The van der Waals surface area contributed by atoms with Crippen LogP contribution < -0.4 is 10.1 Å². The largest absolute Gasteiger partial charge is 0.508 e. The molecule has 2 heterocycles. The van der Waals surface area contributed by atoms with Gasteiger partial charge in [0.05, 0.1) is 0 Å². The molecule has 16 heavy (non-hydrogen) atoms. The minimum atomic E-state index is 0. The molecule has 1 aromatic carbocycles. The second kappa shape index (κ2) is 4.15. The predicted octanol–water partition coefficient (Wildman–Crippen LogP) is 1.87. The lowest BCUT2D eigenvalue weighted by molar-refractivity contribution is 0.0663.